The lowest BCUT2D eigenvalue weighted by Gasteiger charge is -2.16. The van der Waals surface area contributed by atoms with Gasteiger partial charge in [0.1, 0.15) is 11.5 Å². The lowest BCUT2D eigenvalue weighted by Crippen LogP contribution is -2.30. The molecule has 0 bridgehead atoms. The fourth-order valence-corrected chi connectivity index (χ4v) is 3.23. The minimum absolute atomic E-state index is 0.0117. The Hall–Kier alpha value is -2.31. The summed E-state index contributed by atoms with van der Waals surface area (Å²) in [6.07, 6.45) is 4.38. The molecule has 1 saturated heterocycles. The number of hydrazone groups is 1. The molecule has 1 aromatic heterocycles. The molecule has 7 heteroatoms. The van der Waals surface area contributed by atoms with Crippen molar-refractivity contribution in [3.63, 3.8) is 0 Å². The summed E-state index contributed by atoms with van der Waals surface area (Å²) in [4.78, 5) is 16.4. The van der Waals surface area contributed by atoms with Gasteiger partial charge in [-0.25, -0.2) is 9.80 Å². The molecule has 0 saturated carbocycles. The zero-order valence-electron chi connectivity index (χ0n) is 16.5. The van der Waals surface area contributed by atoms with Crippen LogP contribution in [0.5, 0.6) is 0 Å². The molecule has 0 radical (unpaired) electrons. The van der Waals surface area contributed by atoms with Gasteiger partial charge in [-0.15, -0.1) is 0 Å². The standard InChI is InChI=1S/C21H27ClN4O2/c1-24(2)13-3-4-14-25-15-16-26(21(25)27)23-12-11-19-9-10-20(28-19)17-5-7-18(22)8-6-17/h5-10,12H,3-4,11,13-16H2,1-2H3. The van der Waals surface area contributed by atoms with Crippen molar-refractivity contribution in [3.05, 3.63) is 47.2 Å². The number of benzene rings is 1. The number of carbonyl (C=O) groups is 1. The first kappa shape index (κ1) is 20.4. The van der Waals surface area contributed by atoms with Gasteiger partial charge in [0.05, 0.1) is 6.54 Å². The molecule has 1 aliphatic heterocycles. The van der Waals surface area contributed by atoms with Gasteiger partial charge in [0.15, 0.2) is 0 Å². The van der Waals surface area contributed by atoms with Gasteiger partial charge in [-0.2, -0.15) is 5.10 Å². The van der Waals surface area contributed by atoms with Gasteiger partial charge in [-0.05, 0) is 69.9 Å². The molecular weight excluding hydrogens is 376 g/mol. The smallest absolute Gasteiger partial charge is 0.340 e. The number of urea groups is 1. The second kappa shape index (κ2) is 9.75. The third kappa shape index (κ3) is 5.59. The van der Waals surface area contributed by atoms with E-state index in [1.54, 1.807) is 6.21 Å². The van der Waals surface area contributed by atoms with Crippen molar-refractivity contribution in [3.8, 4) is 11.3 Å². The lowest BCUT2D eigenvalue weighted by molar-refractivity contribution is 0.192. The summed E-state index contributed by atoms with van der Waals surface area (Å²) in [5.41, 5.74) is 0.979. The van der Waals surface area contributed by atoms with Gasteiger partial charge < -0.3 is 14.2 Å². The Morgan fingerprint density at radius 1 is 1.14 bits per heavy atom. The number of rotatable bonds is 9. The van der Waals surface area contributed by atoms with Crippen LogP contribution in [0.1, 0.15) is 18.6 Å². The van der Waals surface area contributed by atoms with Crippen molar-refractivity contribution in [2.24, 2.45) is 5.10 Å². The van der Waals surface area contributed by atoms with Crippen molar-refractivity contribution in [1.82, 2.24) is 14.8 Å². The molecule has 0 spiro atoms. The zero-order valence-corrected chi connectivity index (χ0v) is 17.2. The molecule has 2 aromatic rings. The first-order valence-electron chi connectivity index (χ1n) is 9.61. The molecule has 0 N–H and O–H groups in total. The van der Waals surface area contributed by atoms with Crippen molar-refractivity contribution >= 4 is 23.8 Å². The fourth-order valence-electron chi connectivity index (χ4n) is 3.10. The Balaban J connectivity index is 1.46. The van der Waals surface area contributed by atoms with E-state index in [0.29, 0.717) is 18.0 Å². The monoisotopic (exact) mass is 402 g/mol. The summed E-state index contributed by atoms with van der Waals surface area (Å²) in [5.74, 6) is 1.60. The van der Waals surface area contributed by atoms with E-state index in [9.17, 15) is 4.79 Å². The molecule has 0 unspecified atom stereocenters. The normalized spacial score (nSPS) is 14.8. The molecule has 2 heterocycles. The largest absolute Gasteiger partial charge is 0.461 e. The number of nitrogens with zero attached hydrogens (tertiary/aromatic N) is 4. The molecule has 3 rings (SSSR count). The lowest BCUT2D eigenvalue weighted by atomic mass is 10.2. The first-order valence-corrected chi connectivity index (χ1v) is 9.99. The highest BCUT2D eigenvalue weighted by atomic mass is 35.5. The van der Waals surface area contributed by atoms with Gasteiger partial charge in [-0.1, -0.05) is 11.6 Å². The zero-order chi connectivity index (χ0) is 19.9. The van der Waals surface area contributed by atoms with E-state index in [1.165, 1.54) is 5.01 Å². The Labute approximate surface area is 171 Å². The molecule has 1 aliphatic rings. The van der Waals surface area contributed by atoms with Crippen molar-refractivity contribution in [1.29, 1.82) is 0 Å². The van der Waals surface area contributed by atoms with E-state index < -0.39 is 0 Å². The topological polar surface area (TPSA) is 52.3 Å². The molecule has 6 nitrogen and oxygen atoms in total. The Bertz CT molecular complexity index is 801. The maximum absolute atomic E-state index is 12.4. The average molecular weight is 403 g/mol. The number of amides is 2. The van der Waals surface area contributed by atoms with Crippen LogP contribution in [0.15, 0.2) is 45.9 Å². The van der Waals surface area contributed by atoms with Crippen molar-refractivity contribution < 1.29 is 9.21 Å². The average Bonchev–Trinajstić information content (AvgIpc) is 3.27. The first-order chi connectivity index (χ1) is 13.5. The Morgan fingerprint density at radius 3 is 2.68 bits per heavy atom. The van der Waals surface area contributed by atoms with Crippen LogP contribution in [0.25, 0.3) is 11.3 Å². The highest BCUT2D eigenvalue weighted by Crippen LogP contribution is 2.23. The molecule has 2 amide bonds. The van der Waals surface area contributed by atoms with Gasteiger partial charge >= 0.3 is 6.03 Å². The van der Waals surface area contributed by atoms with Gasteiger partial charge in [-0.3, -0.25) is 0 Å². The van der Waals surface area contributed by atoms with Gasteiger partial charge in [0.25, 0.3) is 0 Å². The van der Waals surface area contributed by atoms with Gasteiger partial charge in [0.2, 0.25) is 0 Å². The van der Waals surface area contributed by atoms with E-state index in [0.717, 1.165) is 49.6 Å². The fraction of sp³-hybridized carbons (Fsp3) is 0.429. The minimum Gasteiger partial charge on any atom is -0.461 e. The van der Waals surface area contributed by atoms with Crippen LogP contribution in [0.4, 0.5) is 4.79 Å². The third-order valence-corrected chi connectivity index (χ3v) is 4.91. The number of halogens is 1. The molecule has 28 heavy (non-hydrogen) atoms. The molecule has 0 aliphatic carbocycles. The maximum atomic E-state index is 12.4. The van der Waals surface area contributed by atoms with Gasteiger partial charge in [0, 0.05) is 36.3 Å². The molecule has 150 valence electrons. The number of unbranched alkanes of at least 4 members (excludes halogenated alkanes) is 1. The summed E-state index contributed by atoms with van der Waals surface area (Å²) >= 11 is 5.92. The third-order valence-electron chi connectivity index (χ3n) is 4.66. The predicted octanol–water partition coefficient (Wildman–Crippen LogP) is 4.21. The number of hydrogen-bond acceptors (Lipinski definition) is 4. The number of furan rings is 1. The van der Waals surface area contributed by atoms with Crippen LogP contribution in [0.2, 0.25) is 5.02 Å². The van der Waals surface area contributed by atoms with E-state index in [2.05, 4.69) is 24.1 Å². The highest BCUT2D eigenvalue weighted by molar-refractivity contribution is 6.30. The van der Waals surface area contributed by atoms with Crippen LogP contribution < -0.4 is 0 Å². The SMILES string of the molecule is CN(C)CCCCN1CCN(N=CCc2ccc(-c3ccc(Cl)cc3)o2)C1=O. The summed E-state index contributed by atoms with van der Waals surface area (Å²) < 4.78 is 5.85. The van der Waals surface area contributed by atoms with Crippen molar-refractivity contribution in [2.45, 2.75) is 19.3 Å². The second-order valence-corrected chi connectivity index (χ2v) is 7.61. The maximum Gasteiger partial charge on any atom is 0.340 e. The Kier molecular flexibility index (Phi) is 7.12. The van der Waals surface area contributed by atoms with E-state index in [4.69, 9.17) is 16.0 Å². The number of hydrogen-bond donors (Lipinski definition) is 0. The second-order valence-electron chi connectivity index (χ2n) is 7.18. The summed E-state index contributed by atoms with van der Waals surface area (Å²) in [6.45, 7) is 3.21. The quantitative estimate of drug-likeness (QED) is 0.466. The van der Waals surface area contributed by atoms with Crippen LogP contribution in [0.3, 0.4) is 0 Å². The predicted molar refractivity (Wildman–Crippen MR) is 113 cm³/mol. The Morgan fingerprint density at radius 2 is 1.93 bits per heavy atom. The van der Waals surface area contributed by atoms with Crippen LogP contribution in [-0.2, 0) is 6.42 Å². The van der Waals surface area contributed by atoms with Crippen molar-refractivity contribution in [2.75, 3.05) is 40.3 Å². The summed E-state index contributed by atoms with van der Waals surface area (Å²) in [7, 11) is 4.13. The molecule has 1 fully saturated rings. The number of carbonyl (C=O) groups excluding carboxylic acids is 1. The van der Waals surface area contributed by atoms with E-state index in [-0.39, 0.29) is 6.03 Å². The molecular formula is C21H27ClN4O2. The summed E-state index contributed by atoms with van der Waals surface area (Å²) in [5, 5.41) is 6.57. The van der Waals surface area contributed by atoms with Crippen LogP contribution in [0, 0.1) is 0 Å². The van der Waals surface area contributed by atoms with Crippen LogP contribution >= 0.6 is 11.6 Å². The summed E-state index contributed by atoms with van der Waals surface area (Å²) in [6, 6.07) is 11.4. The molecule has 1 aromatic carbocycles. The molecule has 0 atom stereocenters. The van der Waals surface area contributed by atoms with Crippen LogP contribution in [-0.4, -0.2) is 67.3 Å². The minimum atomic E-state index is -0.0117. The van der Waals surface area contributed by atoms with E-state index >= 15 is 0 Å². The van der Waals surface area contributed by atoms with E-state index in [1.807, 2.05) is 41.3 Å². The highest BCUT2D eigenvalue weighted by Gasteiger charge is 2.27.